The standard InChI is InChI=1S/C12H24N2O/c1-10-9-14(7-4-6-13-10)11(2)12-5-3-8-15-12/h10-13H,3-9H2,1-2H3. The molecule has 2 aliphatic rings. The van der Waals surface area contributed by atoms with Crippen molar-refractivity contribution in [3.63, 3.8) is 0 Å². The van der Waals surface area contributed by atoms with Gasteiger partial charge in [0.05, 0.1) is 6.10 Å². The Hall–Kier alpha value is -0.120. The Kier molecular flexibility index (Phi) is 4.00. The highest BCUT2D eigenvalue weighted by Gasteiger charge is 2.28. The molecule has 1 N–H and O–H groups in total. The maximum Gasteiger partial charge on any atom is 0.0728 e. The second-order valence-electron chi connectivity index (χ2n) is 5.00. The van der Waals surface area contributed by atoms with E-state index in [1.807, 2.05) is 0 Å². The van der Waals surface area contributed by atoms with E-state index in [9.17, 15) is 0 Å². The molecule has 0 bridgehead atoms. The fourth-order valence-corrected chi connectivity index (χ4v) is 2.73. The molecular formula is C12H24N2O. The van der Waals surface area contributed by atoms with Gasteiger partial charge in [-0.3, -0.25) is 4.90 Å². The van der Waals surface area contributed by atoms with Gasteiger partial charge in [-0.25, -0.2) is 0 Å². The van der Waals surface area contributed by atoms with Crippen molar-refractivity contribution in [3.8, 4) is 0 Å². The van der Waals surface area contributed by atoms with Gasteiger partial charge in [0.2, 0.25) is 0 Å². The number of ether oxygens (including phenoxy) is 1. The van der Waals surface area contributed by atoms with Gasteiger partial charge < -0.3 is 10.1 Å². The van der Waals surface area contributed by atoms with Gasteiger partial charge >= 0.3 is 0 Å². The van der Waals surface area contributed by atoms with Crippen LogP contribution in [0.1, 0.15) is 33.1 Å². The highest BCUT2D eigenvalue weighted by Crippen LogP contribution is 2.20. The zero-order chi connectivity index (χ0) is 10.7. The lowest BCUT2D eigenvalue weighted by molar-refractivity contribution is 0.0313. The second-order valence-corrected chi connectivity index (χ2v) is 5.00. The summed E-state index contributed by atoms with van der Waals surface area (Å²) in [5.74, 6) is 0. The summed E-state index contributed by atoms with van der Waals surface area (Å²) in [6, 6.07) is 1.21. The first-order chi connectivity index (χ1) is 7.27. The fourth-order valence-electron chi connectivity index (χ4n) is 2.73. The van der Waals surface area contributed by atoms with Crippen LogP contribution in [0.25, 0.3) is 0 Å². The van der Waals surface area contributed by atoms with Crippen molar-refractivity contribution in [2.75, 3.05) is 26.2 Å². The molecule has 3 unspecified atom stereocenters. The molecule has 0 saturated carbocycles. The van der Waals surface area contributed by atoms with Crippen LogP contribution in [-0.2, 0) is 4.74 Å². The molecule has 0 aromatic heterocycles. The minimum Gasteiger partial charge on any atom is -0.377 e. The van der Waals surface area contributed by atoms with Crippen LogP contribution < -0.4 is 5.32 Å². The van der Waals surface area contributed by atoms with Crippen LogP contribution in [0.2, 0.25) is 0 Å². The van der Waals surface area contributed by atoms with E-state index in [0.717, 1.165) is 13.2 Å². The van der Waals surface area contributed by atoms with E-state index in [-0.39, 0.29) is 0 Å². The summed E-state index contributed by atoms with van der Waals surface area (Å²) in [6.07, 6.45) is 4.24. The molecule has 2 rings (SSSR count). The molecule has 15 heavy (non-hydrogen) atoms. The van der Waals surface area contributed by atoms with E-state index >= 15 is 0 Å². The number of hydrogen-bond donors (Lipinski definition) is 1. The first kappa shape index (κ1) is 11.4. The molecule has 0 spiro atoms. The molecule has 88 valence electrons. The van der Waals surface area contributed by atoms with Crippen LogP contribution in [-0.4, -0.2) is 49.3 Å². The summed E-state index contributed by atoms with van der Waals surface area (Å²) in [7, 11) is 0. The van der Waals surface area contributed by atoms with E-state index in [1.165, 1.54) is 32.4 Å². The maximum absolute atomic E-state index is 5.78. The average Bonchev–Trinajstić information content (AvgIpc) is 2.67. The van der Waals surface area contributed by atoms with Gasteiger partial charge in [0.15, 0.2) is 0 Å². The first-order valence-corrected chi connectivity index (χ1v) is 6.36. The zero-order valence-electron chi connectivity index (χ0n) is 10.0. The molecule has 3 heteroatoms. The Morgan fingerprint density at radius 2 is 2.27 bits per heavy atom. The molecule has 0 aromatic carbocycles. The van der Waals surface area contributed by atoms with Crippen LogP contribution >= 0.6 is 0 Å². The molecule has 2 aliphatic heterocycles. The third-order valence-corrected chi connectivity index (χ3v) is 3.70. The summed E-state index contributed by atoms with van der Waals surface area (Å²) >= 11 is 0. The fraction of sp³-hybridized carbons (Fsp3) is 1.00. The number of hydrogen-bond acceptors (Lipinski definition) is 3. The largest absolute Gasteiger partial charge is 0.377 e. The van der Waals surface area contributed by atoms with Gasteiger partial charge in [0.1, 0.15) is 0 Å². The summed E-state index contributed by atoms with van der Waals surface area (Å²) in [4.78, 5) is 2.60. The molecule has 0 aromatic rings. The van der Waals surface area contributed by atoms with Gasteiger partial charge in [-0.15, -0.1) is 0 Å². The van der Waals surface area contributed by atoms with Crippen LogP contribution in [0.3, 0.4) is 0 Å². The Morgan fingerprint density at radius 1 is 1.40 bits per heavy atom. The van der Waals surface area contributed by atoms with Crippen molar-refractivity contribution in [2.24, 2.45) is 0 Å². The highest BCUT2D eigenvalue weighted by atomic mass is 16.5. The van der Waals surface area contributed by atoms with E-state index in [1.54, 1.807) is 0 Å². The molecular weight excluding hydrogens is 188 g/mol. The van der Waals surface area contributed by atoms with Crippen molar-refractivity contribution in [3.05, 3.63) is 0 Å². The second kappa shape index (κ2) is 5.28. The molecule has 3 atom stereocenters. The lowest BCUT2D eigenvalue weighted by Crippen LogP contribution is -2.45. The molecule has 0 amide bonds. The highest BCUT2D eigenvalue weighted by molar-refractivity contribution is 4.83. The van der Waals surface area contributed by atoms with Crippen LogP contribution in [0, 0.1) is 0 Å². The third-order valence-electron chi connectivity index (χ3n) is 3.70. The molecule has 0 aliphatic carbocycles. The minimum atomic E-state index is 0.482. The van der Waals surface area contributed by atoms with Gasteiger partial charge in [-0.2, -0.15) is 0 Å². The van der Waals surface area contributed by atoms with Crippen molar-refractivity contribution in [1.82, 2.24) is 10.2 Å². The lowest BCUT2D eigenvalue weighted by Gasteiger charge is -2.32. The van der Waals surface area contributed by atoms with Gasteiger partial charge in [0.25, 0.3) is 0 Å². The van der Waals surface area contributed by atoms with Crippen molar-refractivity contribution in [2.45, 2.75) is 51.3 Å². The maximum atomic E-state index is 5.78. The van der Waals surface area contributed by atoms with Gasteiger partial charge in [-0.05, 0) is 46.2 Å². The van der Waals surface area contributed by atoms with E-state index in [0.29, 0.717) is 18.2 Å². The lowest BCUT2D eigenvalue weighted by atomic mass is 10.1. The summed E-state index contributed by atoms with van der Waals surface area (Å²) in [6.45, 7) is 9.13. The number of rotatable bonds is 2. The number of nitrogens with one attached hydrogen (secondary N) is 1. The quantitative estimate of drug-likeness (QED) is 0.745. The monoisotopic (exact) mass is 212 g/mol. The minimum absolute atomic E-state index is 0.482. The first-order valence-electron chi connectivity index (χ1n) is 6.36. The number of nitrogens with zero attached hydrogens (tertiary/aromatic N) is 1. The van der Waals surface area contributed by atoms with Crippen molar-refractivity contribution >= 4 is 0 Å². The van der Waals surface area contributed by atoms with Crippen LogP contribution in [0.15, 0.2) is 0 Å². The summed E-state index contributed by atoms with van der Waals surface area (Å²) in [5, 5.41) is 3.54. The SMILES string of the molecule is CC1CN(C(C)C2CCCO2)CCCN1. The van der Waals surface area contributed by atoms with Crippen LogP contribution in [0.5, 0.6) is 0 Å². The Bertz CT molecular complexity index is 192. The zero-order valence-corrected chi connectivity index (χ0v) is 10.0. The van der Waals surface area contributed by atoms with Gasteiger partial charge in [0, 0.05) is 25.2 Å². The average molecular weight is 212 g/mol. The molecule has 0 radical (unpaired) electrons. The summed E-state index contributed by atoms with van der Waals surface area (Å²) in [5.41, 5.74) is 0. The predicted octanol–water partition coefficient (Wildman–Crippen LogP) is 1.24. The third kappa shape index (κ3) is 2.92. The Balaban J connectivity index is 1.89. The van der Waals surface area contributed by atoms with Crippen LogP contribution in [0.4, 0.5) is 0 Å². The van der Waals surface area contributed by atoms with E-state index < -0.39 is 0 Å². The molecule has 3 nitrogen and oxygen atoms in total. The smallest absolute Gasteiger partial charge is 0.0728 e. The summed E-state index contributed by atoms with van der Waals surface area (Å²) < 4.78 is 5.78. The Morgan fingerprint density at radius 3 is 3.00 bits per heavy atom. The molecule has 2 heterocycles. The normalized spacial score (nSPS) is 36.4. The Labute approximate surface area is 93.2 Å². The topological polar surface area (TPSA) is 24.5 Å². The van der Waals surface area contributed by atoms with E-state index in [4.69, 9.17) is 4.74 Å². The molecule has 2 saturated heterocycles. The van der Waals surface area contributed by atoms with E-state index in [2.05, 4.69) is 24.1 Å². The predicted molar refractivity (Wildman–Crippen MR) is 62.1 cm³/mol. The van der Waals surface area contributed by atoms with Crippen molar-refractivity contribution < 1.29 is 4.74 Å². The van der Waals surface area contributed by atoms with Crippen molar-refractivity contribution in [1.29, 1.82) is 0 Å². The van der Waals surface area contributed by atoms with Gasteiger partial charge in [-0.1, -0.05) is 0 Å². The molecule has 2 fully saturated rings.